The SMILES string of the molecule is CCCS(=O)(=O)N1CCN(C2(C(Cl)NC(=O)c3ccccc3)CCCCC2)CC1. The van der Waals surface area contributed by atoms with E-state index in [1.54, 1.807) is 16.4 Å². The van der Waals surface area contributed by atoms with Gasteiger partial charge in [-0.2, -0.15) is 4.31 Å². The number of carbonyl (C=O) groups excluding carboxylic acids is 1. The lowest BCUT2D eigenvalue weighted by molar-refractivity contribution is 0.0145. The number of amides is 1. The zero-order valence-electron chi connectivity index (χ0n) is 17.1. The molecule has 0 bridgehead atoms. The number of benzene rings is 1. The molecule has 8 heteroatoms. The number of sulfonamides is 1. The molecule has 2 aliphatic rings. The molecule has 1 aliphatic carbocycles. The molecular weight excluding hydrogens is 410 g/mol. The van der Waals surface area contributed by atoms with E-state index < -0.39 is 15.5 Å². The predicted octanol–water partition coefficient (Wildman–Crippen LogP) is 3.04. The van der Waals surface area contributed by atoms with Crippen LogP contribution in [0.4, 0.5) is 0 Å². The Morgan fingerprint density at radius 1 is 1.10 bits per heavy atom. The molecule has 0 radical (unpaired) electrons. The summed E-state index contributed by atoms with van der Waals surface area (Å²) in [6, 6.07) is 9.12. The van der Waals surface area contributed by atoms with E-state index in [-0.39, 0.29) is 17.2 Å². The molecule has 1 N–H and O–H groups in total. The molecule has 1 aromatic rings. The van der Waals surface area contributed by atoms with Gasteiger partial charge in [0.05, 0.1) is 11.3 Å². The van der Waals surface area contributed by atoms with Gasteiger partial charge in [0.25, 0.3) is 5.91 Å². The van der Waals surface area contributed by atoms with E-state index in [0.717, 1.165) is 25.7 Å². The molecule has 3 rings (SSSR count). The number of carbonyl (C=O) groups is 1. The van der Waals surface area contributed by atoms with Crippen molar-refractivity contribution in [2.45, 2.75) is 56.5 Å². The third-order valence-corrected chi connectivity index (χ3v) is 8.80. The molecule has 1 aliphatic heterocycles. The van der Waals surface area contributed by atoms with Crippen LogP contribution < -0.4 is 5.32 Å². The molecule has 1 aromatic carbocycles. The molecule has 29 heavy (non-hydrogen) atoms. The number of halogens is 1. The summed E-state index contributed by atoms with van der Waals surface area (Å²) < 4.78 is 26.4. The number of hydrogen-bond acceptors (Lipinski definition) is 4. The van der Waals surface area contributed by atoms with Gasteiger partial charge in [-0.25, -0.2) is 8.42 Å². The monoisotopic (exact) mass is 441 g/mol. The van der Waals surface area contributed by atoms with Gasteiger partial charge in [-0.3, -0.25) is 9.69 Å². The first-order chi connectivity index (χ1) is 13.9. The summed E-state index contributed by atoms with van der Waals surface area (Å²) in [7, 11) is -3.18. The lowest BCUT2D eigenvalue weighted by Gasteiger charge is -2.51. The molecule has 0 spiro atoms. The van der Waals surface area contributed by atoms with Crippen molar-refractivity contribution in [3.8, 4) is 0 Å². The molecule has 0 aromatic heterocycles. The van der Waals surface area contributed by atoms with Gasteiger partial charge in [-0.1, -0.05) is 56.0 Å². The Balaban J connectivity index is 1.71. The van der Waals surface area contributed by atoms with Crippen LogP contribution in [0.15, 0.2) is 30.3 Å². The van der Waals surface area contributed by atoms with Crippen molar-refractivity contribution in [3.63, 3.8) is 0 Å². The van der Waals surface area contributed by atoms with Crippen molar-refractivity contribution in [1.29, 1.82) is 0 Å². The largest absolute Gasteiger partial charge is 0.334 e. The summed E-state index contributed by atoms with van der Waals surface area (Å²) in [5, 5.41) is 3.02. The van der Waals surface area contributed by atoms with Crippen molar-refractivity contribution in [1.82, 2.24) is 14.5 Å². The Kier molecular flexibility index (Phi) is 7.59. The first kappa shape index (κ1) is 22.5. The Hall–Kier alpha value is -1.15. The van der Waals surface area contributed by atoms with Gasteiger partial charge in [0, 0.05) is 31.7 Å². The first-order valence-electron chi connectivity index (χ1n) is 10.6. The highest BCUT2D eigenvalue weighted by Gasteiger charge is 2.46. The number of rotatable bonds is 7. The quantitative estimate of drug-likeness (QED) is 0.521. The topological polar surface area (TPSA) is 69.7 Å². The Bertz CT molecular complexity index is 774. The first-order valence-corrected chi connectivity index (χ1v) is 12.7. The number of nitrogens with zero attached hydrogens (tertiary/aromatic N) is 2. The van der Waals surface area contributed by atoms with E-state index in [2.05, 4.69) is 10.2 Å². The second kappa shape index (κ2) is 9.77. The van der Waals surface area contributed by atoms with Gasteiger partial charge in [-0.05, 0) is 31.4 Å². The van der Waals surface area contributed by atoms with Crippen LogP contribution in [0.3, 0.4) is 0 Å². The van der Waals surface area contributed by atoms with Crippen LogP contribution in [-0.2, 0) is 10.0 Å². The van der Waals surface area contributed by atoms with E-state index in [1.165, 1.54) is 6.42 Å². The van der Waals surface area contributed by atoms with E-state index >= 15 is 0 Å². The van der Waals surface area contributed by atoms with Crippen LogP contribution in [0.25, 0.3) is 0 Å². The minimum atomic E-state index is -3.18. The Morgan fingerprint density at radius 3 is 2.31 bits per heavy atom. The third kappa shape index (κ3) is 5.13. The van der Waals surface area contributed by atoms with Crippen LogP contribution in [-0.4, -0.2) is 66.5 Å². The molecule has 1 heterocycles. The third-order valence-electron chi connectivity index (χ3n) is 6.21. The van der Waals surface area contributed by atoms with E-state index in [1.807, 2.05) is 25.1 Å². The average Bonchev–Trinajstić information content (AvgIpc) is 2.75. The summed E-state index contributed by atoms with van der Waals surface area (Å²) in [5.41, 5.74) is -0.251. The van der Waals surface area contributed by atoms with Crippen molar-refractivity contribution in [2.24, 2.45) is 0 Å². The van der Waals surface area contributed by atoms with Gasteiger partial charge in [0.1, 0.15) is 5.50 Å². The molecule has 162 valence electrons. The van der Waals surface area contributed by atoms with Gasteiger partial charge < -0.3 is 5.32 Å². The summed E-state index contributed by atoms with van der Waals surface area (Å²) >= 11 is 6.87. The van der Waals surface area contributed by atoms with E-state index in [0.29, 0.717) is 38.2 Å². The number of hydrogen-bond donors (Lipinski definition) is 1. The molecule has 2 fully saturated rings. The minimum absolute atomic E-state index is 0.167. The smallest absolute Gasteiger partial charge is 0.252 e. The molecule has 1 amide bonds. The number of nitrogens with one attached hydrogen (secondary N) is 1. The fourth-order valence-electron chi connectivity index (χ4n) is 4.61. The molecular formula is C21H32ClN3O3S. The normalized spacial score (nSPS) is 22.1. The zero-order valence-corrected chi connectivity index (χ0v) is 18.7. The highest BCUT2D eigenvalue weighted by atomic mass is 35.5. The fraction of sp³-hybridized carbons (Fsp3) is 0.667. The molecule has 1 atom stereocenters. The molecule has 1 saturated carbocycles. The lowest BCUT2D eigenvalue weighted by atomic mass is 9.79. The van der Waals surface area contributed by atoms with Crippen molar-refractivity contribution in [3.05, 3.63) is 35.9 Å². The standard InChI is InChI=1S/C21H32ClN3O3S/c1-2-17-29(27,28)25-15-13-24(14-16-25)21(11-7-4-8-12-21)20(22)23-19(26)18-9-5-3-6-10-18/h3,5-6,9-10,20H,2,4,7-8,11-17H2,1H3,(H,23,26). The highest BCUT2D eigenvalue weighted by molar-refractivity contribution is 7.89. The second-order valence-corrected chi connectivity index (χ2v) is 10.6. The Morgan fingerprint density at radius 2 is 1.72 bits per heavy atom. The van der Waals surface area contributed by atoms with Crippen molar-refractivity contribution in [2.75, 3.05) is 31.9 Å². The summed E-state index contributed by atoms with van der Waals surface area (Å²) in [5.74, 6) is 0.0309. The van der Waals surface area contributed by atoms with Crippen molar-refractivity contribution >= 4 is 27.5 Å². The van der Waals surface area contributed by atoms with Crippen LogP contribution >= 0.6 is 11.6 Å². The fourth-order valence-corrected chi connectivity index (χ4v) is 6.56. The molecule has 1 saturated heterocycles. The minimum Gasteiger partial charge on any atom is -0.334 e. The van der Waals surface area contributed by atoms with Gasteiger partial charge in [0.15, 0.2) is 0 Å². The number of alkyl halides is 1. The van der Waals surface area contributed by atoms with Crippen molar-refractivity contribution < 1.29 is 13.2 Å². The van der Waals surface area contributed by atoms with Crippen LogP contribution in [0, 0.1) is 0 Å². The van der Waals surface area contributed by atoms with Crippen LogP contribution in [0.5, 0.6) is 0 Å². The summed E-state index contributed by atoms with van der Waals surface area (Å²) in [4.78, 5) is 15.0. The van der Waals surface area contributed by atoms with Gasteiger partial charge in [-0.15, -0.1) is 0 Å². The number of piperazine rings is 1. The summed E-state index contributed by atoms with van der Waals surface area (Å²) in [6.07, 6.45) is 5.76. The highest BCUT2D eigenvalue weighted by Crippen LogP contribution is 2.39. The maximum absolute atomic E-state index is 12.7. The maximum Gasteiger partial charge on any atom is 0.252 e. The van der Waals surface area contributed by atoms with Crippen LogP contribution in [0.2, 0.25) is 0 Å². The van der Waals surface area contributed by atoms with Gasteiger partial charge in [0.2, 0.25) is 10.0 Å². The molecule has 1 unspecified atom stereocenters. The predicted molar refractivity (Wildman–Crippen MR) is 117 cm³/mol. The molecule has 6 nitrogen and oxygen atoms in total. The van der Waals surface area contributed by atoms with Crippen LogP contribution in [0.1, 0.15) is 55.8 Å². The van der Waals surface area contributed by atoms with E-state index in [4.69, 9.17) is 11.6 Å². The summed E-state index contributed by atoms with van der Waals surface area (Å²) in [6.45, 7) is 4.15. The Labute approximate surface area is 179 Å². The lowest BCUT2D eigenvalue weighted by Crippen LogP contribution is -2.65. The zero-order chi connectivity index (χ0) is 20.9. The van der Waals surface area contributed by atoms with E-state index in [9.17, 15) is 13.2 Å². The van der Waals surface area contributed by atoms with Gasteiger partial charge >= 0.3 is 0 Å². The average molecular weight is 442 g/mol. The second-order valence-electron chi connectivity index (χ2n) is 8.07. The maximum atomic E-state index is 12.7.